The number of amides is 1. The summed E-state index contributed by atoms with van der Waals surface area (Å²) in [7, 11) is 0. The molecule has 0 atom stereocenters. The fourth-order valence-electron chi connectivity index (χ4n) is 1.26. The fraction of sp³-hybridized carbons (Fsp3) is 0.625. The van der Waals surface area contributed by atoms with Gasteiger partial charge in [-0.25, -0.2) is 0 Å². The van der Waals surface area contributed by atoms with Crippen molar-refractivity contribution < 1.29 is 4.79 Å². The Morgan fingerprint density at radius 2 is 2.55 bits per heavy atom. The van der Waals surface area contributed by atoms with Crippen LogP contribution >= 0.6 is 0 Å². The molecule has 0 aliphatic carbocycles. The van der Waals surface area contributed by atoms with Gasteiger partial charge >= 0.3 is 0 Å². The van der Waals surface area contributed by atoms with Crippen LogP contribution < -0.4 is 5.73 Å². The van der Waals surface area contributed by atoms with E-state index in [0.717, 1.165) is 31.5 Å². The summed E-state index contributed by atoms with van der Waals surface area (Å²) >= 11 is 0. The predicted octanol–water partition coefficient (Wildman–Crippen LogP) is 0.471. The first-order chi connectivity index (χ1) is 5.24. The molecule has 0 bridgehead atoms. The molecule has 0 radical (unpaired) electrons. The maximum Gasteiger partial charge on any atom is 0.246 e. The summed E-state index contributed by atoms with van der Waals surface area (Å²) in [5.41, 5.74) is 5.91. The fourth-order valence-corrected chi connectivity index (χ4v) is 1.26. The van der Waals surface area contributed by atoms with Gasteiger partial charge in [-0.1, -0.05) is 0 Å². The third-order valence-corrected chi connectivity index (χ3v) is 1.95. The van der Waals surface area contributed by atoms with Crippen LogP contribution in [0.1, 0.15) is 19.8 Å². The third kappa shape index (κ3) is 1.97. The lowest BCUT2D eigenvalue weighted by molar-refractivity contribution is -0.114. The molecule has 3 heteroatoms. The van der Waals surface area contributed by atoms with E-state index < -0.39 is 0 Å². The molecular weight excluding hydrogens is 140 g/mol. The highest BCUT2D eigenvalue weighted by atomic mass is 16.1. The zero-order valence-electron chi connectivity index (χ0n) is 6.84. The van der Waals surface area contributed by atoms with Gasteiger partial charge in [-0.3, -0.25) is 4.79 Å². The van der Waals surface area contributed by atoms with E-state index in [2.05, 4.69) is 11.8 Å². The van der Waals surface area contributed by atoms with Crippen LogP contribution in [0.4, 0.5) is 0 Å². The molecule has 2 N–H and O–H groups in total. The predicted molar refractivity (Wildman–Crippen MR) is 43.8 cm³/mol. The molecule has 0 spiro atoms. The largest absolute Gasteiger partial charge is 0.377 e. The van der Waals surface area contributed by atoms with E-state index in [0.29, 0.717) is 0 Å². The summed E-state index contributed by atoms with van der Waals surface area (Å²) in [6.45, 7) is 4.07. The van der Waals surface area contributed by atoms with E-state index in [-0.39, 0.29) is 5.91 Å². The van der Waals surface area contributed by atoms with Gasteiger partial charge in [0.05, 0.1) is 0 Å². The Kier molecular flexibility index (Phi) is 2.52. The van der Waals surface area contributed by atoms with Gasteiger partial charge < -0.3 is 10.6 Å². The second kappa shape index (κ2) is 3.42. The van der Waals surface area contributed by atoms with Crippen molar-refractivity contribution in [3.05, 3.63) is 11.8 Å². The topological polar surface area (TPSA) is 46.3 Å². The minimum Gasteiger partial charge on any atom is -0.377 e. The summed E-state index contributed by atoms with van der Waals surface area (Å²) in [5, 5.41) is 0. The molecule has 0 unspecified atom stereocenters. The van der Waals surface area contributed by atoms with Crippen molar-refractivity contribution >= 4 is 5.91 Å². The molecule has 1 aliphatic rings. The van der Waals surface area contributed by atoms with Crippen molar-refractivity contribution in [1.82, 2.24) is 4.90 Å². The monoisotopic (exact) mass is 154 g/mol. The number of carbonyl (C=O) groups excluding carboxylic acids is 1. The van der Waals surface area contributed by atoms with Crippen molar-refractivity contribution in [3.63, 3.8) is 0 Å². The first-order valence-electron chi connectivity index (χ1n) is 3.98. The van der Waals surface area contributed by atoms with Gasteiger partial charge in [0.1, 0.15) is 0 Å². The quantitative estimate of drug-likeness (QED) is 0.628. The normalized spacial score (nSPS) is 17.9. The third-order valence-electron chi connectivity index (χ3n) is 1.95. The summed E-state index contributed by atoms with van der Waals surface area (Å²) < 4.78 is 0. The molecule has 1 rings (SSSR count). The lowest BCUT2D eigenvalue weighted by atomic mass is 10.1. The van der Waals surface area contributed by atoms with Gasteiger partial charge in [0, 0.05) is 24.9 Å². The number of hydrogen-bond acceptors (Lipinski definition) is 2. The molecule has 3 nitrogen and oxygen atoms in total. The molecular formula is C8H14N2O. The van der Waals surface area contributed by atoms with Gasteiger partial charge in [0.25, 0.3) is 0 Å². The lowest BCUT2D eigenvalue weighted by Crippen LogP contribution is -2.26. The van der Waals surface area contributed by atoms with Crippen LogP contribution in [0.15, 0.2) is 11.8 Å². The van der Waals surface area contributed by atoms with Crippen LogP contribution in [0, 0.1) is 0 Å². The average Bonchev–Trinajstić information content (AvgIpc) is 2.05. The molecule has 0 saturated carbocycles. The number of hydrogen-bond donors (Lipinski definition) is 1. The van der Waals surface area contributed by atoms with Crippen LogP contribution in [0.5, 0.6) is 0 Å². The molecule has 1 heterocycles. The Morgan fingerprint density at radius 3 is 3.09 bits per heavy atom. The second-order valence-electron chi connectivity index (χ2n) is 2.75. The first kappa shape index (κ1) is 8.11. The standard InChI is InChI=1S/C8H14N2O/c1-2-10-5-3-4-7(6-10)8(9)11/h6H,2-5H2,1H3,(H2,9,11). The zero-order valence-corrected chi connectivity index (χ0v) is 6.84. The minimum atomic E-state index is -0.275. The first-order valence-corrected chi connectivity index (χ1v) is 3.98. The van der Waals surface area contributed by atoms with Crippen molar-refractivity contribution in [2.24, 2.45) is 5.73 Å². The molecule has 1 aliphatic heterocycles. The smallest absolute Gasteiger partial charge is 0.246 e. The Labute approximate surface area is 66.9 Å². The summed E-state index contributed by atoms with van der Waals surface area (Å²) in [6, 6.07) is 0. The van der Waals surface area contributed by atoms with Gasteiger partial charge in [-0.15, -0.1) is 0 Å². The van der Waals surface area contributed by atoms with E-state index in [9.17, 15) is 4.79 Å². The lowest BCUT2D eigenvalue weighted by Gasteiger charge is -2.23. The van der Waals surface area contributed by atoms with E-state index >= 15 is 0 Å². The highest BCUT2D eigenvalue weighted by Gasteiger charge is 2.11. The molecule has 0 saturated heterocycles. The summed E-state index contributed by atoms with van der Waals surface area (Å²) in [5.74, 6) is -0.275. The van der Waals surface area contributed by atoms with E-state index in [1.165, 1.54) is 0 Å². The van der Waals surface area contributed by atoms with Crippen molar-refractivity contribution in [2.45, 2.75) is 19.8 Å². The minimum absolute atomic E-state index is 0.275. The summed E-state index contributed by atoms with van der Waals surface area (Å²) in [6.07, 6.45) is 3.76. The molecule has 0 aromatic heterocycles. The van der Waals surface area contributed by atoms with Gasteiger partial charge in [0.2, 0.25) is 5.91 Å². The molecule has 11 heavy (non-hydrogen) atoms. The van der Waals surface area contributed by atoms with Crippen molar-refractivity contribution in [2.75, 3.05) is 13.1 Å². The second-order valence-corrected chi connectivity index (χ2v) is 2.75. The average molecular weight is 154 g/mol. The summed E-state index contributed by atoms with van der Waals surface area (Å²) in [4.78, 5) is 12.9. The van der Waals surface area contributed by atoms with E-state index in [1.807, 2.05) is 6.20 Å². The van der Waals surface area contributed by atoms with Crippen LogP contribution in [-0.2, 0) is 4.79 Å². The Balaban J connectivity index is 2.64. The van der Waals surface area contributed by atoms with Gasteiger partial charge in [-0.2, -0.15) is 0 Å². The van der Waals surface area contributed by atoms with E-state index in [1.54, 1.807) is 0 Å². The van der Waals surface area contributed by atoms with Crippen LogP contribution in [0.25, 0.3) is 0 Å². The molecule has 0 aromatic carbocycles. The highest BCUT2D eigenvalue weighted by molar-refractivity contribution is 5.91. The van der Waals surface area contributed by atoms with Crippen LogP contribution in [-0.4, -0.2) is 23.9 Å². The van der Waals surface area contributed by atoms with Crippen molar-refractivity contribution in [1.29, 1.82) is 0 Å². The molecule has 62 valence electrons. The number of carbonyl (C=O) groups is 1. The van der Waals surface area contributed by atoms with Crippen molar-refractivity contribution in [3.8, 4) is 0 Å². The number of nitrogens with two attached hydrogens (primary N) is 1. The maximum absolute atomic E-state index is 10.7. The molecule has 0 aromatic rings. The van der Waals surface area contributed by atoms with Crippen LogP contribution in [0.2, 0.25) is 0 Å². The zero-order chi connectivity index (χ0) is 8.27. The van der Waals surface area contributed by atoms with Crippen LogP contribution in [0.3, 0.4) is 0 Å². The Morgan fingerprint density at radius 1 is 1.82 bits per heavy atom. The molecule has 0 fully saturated rings. The number of nitrogens with zero attached hydrogens (tertiary/aromatic N) is 1. The molecule has 1 amide bonds. The Bertz CT molecular complexity index is 187. The highest BCUT2D eigenvalue weighted by Crippen LogP contribution is 2.13. The number of rotatable bonds is 2. The van der Waals surface area contributed by atoms with Gasteiger partial charge in [0.15, 0.2) is 0 Å². The van der Waals surface area contributed by atoms with Gasteiger partial charge in [-0.05, 0) is 19.8 Å². The Hall–Kier alpha value is -0.990. The van der Waals surface area contributed by atoms with E-state index in [4.69, 9.17) is 5.73 Å². The number of primary amides is 1. The SMILES string of the molecule is CCN1C=C(C(N)=O)CCC1. The maximum atomic E-state index is 10.7.